The van der Waals surface area contributed by atoms with Crippen LogP contribution in [0.4, 0.5) is 0 Å². The number of hydrogen-bond donors (Lipinski definition) is 0. The first-order valence-electron chi connectivity index (χ1n) is 6.64. The van der Waals surface area contributed by atoms with Crippen molar-refractivity contribution in [3.8, 4) is 5.75 Å². The van der Waals surface area contributed by atoms with Gasteiger partial charge >= 0.3 is 5.97 Å². The highest BCUT2D eigenvalue weighted by Gasteiger charge is 2.34. The lowest BCUT2D eigenvalue weighted by molar-refractivity contribution is -0.142. The second-order valence-electron chi connectivity index (χ2n) is 5.24. The van der Waals surface area contributed by atoms with Crippen LogP contribution < -0.4 is 4.74 Å². The molecule has 1 heterocycles. The summed E-state index contributed by atoms with van der Waals surface area (Å²) < 4.78 is 5.46. The lowest BCUT2D eigenvalue weighted by atomic mass is 9.76. The van der Waals surface area contributed by atoms with Crippen molar-refractivity contribution in [2.24, 2.45) is 11.8 Å². The van der Waals surface area contributed by atoms with Gasteiger partial charge in [-0.2, -0.15) is 0 Å². The smallest absolute Gasteiger partial charge is 0.314 e. The molecule has 0 unspecified atom stereocenters. The molecule has 1 aliphatic carbocycles. The third-order valence-electron chi connectivity index (χ3n) is 4.14. The number of benzene rings is 1. The molecule has 1 aliphatic heterocycles. The third-order valence-corrected chi connectivity index (χ3v) is 4.14. The first-order valence-corrected chi connectivity index (χ1v) is 6.64. The van der Waals surface area contributed by atoms with E-state index in [0.717, 1.165) is 12.2 Å². The van der Waals surface area contributed by atoms with E-state index in [1.54, 1.807) is 0 Å². The van der Waals surface area contributed by atoms with Gasteiger partial charge in [0.25, 0.3) is 0 Å². The van der Waals surface area contributed by atoms with Gasteiger partial charge in [0.05, 0.1) is 5.92 Å². The minimum atomic E-state index is -0.00407. The summed E-state index contributed by atoms with van der Waals surface area (Å²) in [6, 6.07) is 7.92. The number of carbonyl (C=O) groups is 1. The van der Waals surface area contributed by atoms with E-state index in [2.05, 4.69) is 6.07 Å². The lowest BCUT2D eigenvalue weighted by Gasteiger charge is -2.32. The molecule has 2 nitrogen and oxygen atoms in total. The zero-order valence-corrected chi connectivity index (χ0v) is 10.0. The molecule has 0 radical (unpaired) electrons. The zero-order valence-electron chi connectivity index (χ0n) is 10.0. The second kappa shape index (κ2) is 4.52. The Morgan fingerprint density at radius 1 is 1.06 bits per heavy atom. The molecule has 0 spiro atoms. The first-order chi connectivity index (χ1) is 8.34. The van der Waals surface area contributed by atoms with Crippen molar-refractivity contribution >= 4 is 5.97 Å². The van der Waals surface area contributed by atoms with Crippen LogP contribution in [0.1, 0.15) is 37.7 Å². The van der Waals surface area contributed by atoms with Gasteiger partial charge in [-0.25, -0.2) is 0 Å². The van der Waals surface area contributed by atoms with Crippen molar-refractivity contribution < 1.29 is 9.53 Å². The quantitative estimate of drug-likeness (QED) is 0.546. The Kier molecular flexibility index (Phi) is 2.87. The highest BCUT2D eigenvalue weighted by molar-refractivity contribution is 5.78. The number of ether oxygens (including phenoxy) is 1. The van der Waals surface area contributed by atoms with E-state index in [0.29, 0.717) is 5.92 Å². The molecule has 2 aliphatic rings. The number of carbonyl (C=O) groups excluding carboxylic acids is 1. The molecule has 0 aromatic heterocycles. The molecule has 2 heteroatoms. The molecule has 0 amide bonds. The van der Waals surface area contributed by atoms with E-state index < -0.39 is 0 Å². The number of para-hydroxylation sites is 1. The van der Waals surface area contributed by atoms with Crippen LogP contribution in [0.25, 0.3) is 0 Å². The van der Waals surface area contributed by atoms with Crippen molar-refractivity contribution in [2.45, 2.75) is 38.5 Å². The van der Waals surface area contributed by atoms with Crippen LogP contribution in [-0.2, 0) is 11.2 Å². The van der Waals surface area contributed by atoms with Crippen LogP contribution in [0, 0.1) is 11.8 Å². The van der Waals surface area contributed by atoms with E-state index in [1.165, 1.54) is 37.7 Å². The fourth-order valence-electron chi connectivity index (χ4n) is 3.17. The molecule has 3 rings (SSSR count). The summed E-state index contributed by atoms with van der Waals surface area (Å²) in [5, 5.41) is 0. The number of hydrogen-bond acceptors (Lipinski definition) is 2. The minimum absolute atomic E-state index is 0.00407. The summed E-state index contributed by atoms with van der Waals surface area (Å²) in [6.07, 6.45) is 7.14. The predicted molar refractivity (Wildman–Crippen MR) is 65.8 cm³/mol. The Morgan fingerprint density at radius 2 is 1.82 bits per heavy atom. The highest BCUT2D eigenvalue weighted by atomic mass is 16.5. The molecule has 17 heavy (non-hydrogen) atoms. The molecule has 1 fully saturated rings. The van der Waals surface area contributed by atoms with Crippen molar-refractivity contribution in [1.82, 2.24) is 0 Å². The van der Waals surface area contributed by atoms with E-state index >= 15 is 0 Å². The molecule has 0 bridgehead atoms. The van der Waals surface area contributed by atoms with E-state index in [9.17, 15) is 4.79 Å². The topological polar surface area (TPSA) is 26.3 Å². The lowest BCUT2D eigenvalue weighted by Crippen LogP contribution is -2.34. The monoisotopic (exact) mass is 230 g/mol. The summed E-state index contributed by atoms with van der Waals surface area (Å²) >= 11 is 0. The molecule has 1 aromatic rings. The fourth-order valence-corrected chi connectivity index (χ4v) is 3.17. The maximum Gasteiger partial charge on any atom is 0.314 e. The molecular weight excluding hydrogens is 212 g/mol. The van der Waals surface area contributed by atoms with Crippen LogP contribution in [0.5, 0.6) is 5.75 Å². The van der Waals surface area contributed by atoms with Gasteiger partial charge in [0.1, 0.15) is 5.75 Å². The Morgan fingerprint density at radius 3 is 2.65 bits per heavy atom. The van der Waals surface area contributed by atoms with Crippen LogP contribution >= 0.6 is 0 Å². The molecule has 0 saturated heterocycles. The molecule has 1 atom stereocenters. The Labute approximate surface area is 102 Å². The Hall–Kier alpha value is -1.31. The molecule has 90 valence electrons. The minimum Gasteiger partial charge on any atom is -0.426 e. The van der Waals surface area contributed by atoms with E-state index in [-0.39, 0.29) is 11.9 Å². The number of esters is 1. The van der Waals surface area contributed by atoms with Gasteiger partial charge in [0.2, 0.25) is 0 Å². The van der Waals surface area contributed by atoms with Gasteiger partial charge in [-0.05, 0) is 36.8 Å². The molecule has 1 aromatic carbocycles. The summed E-state index contributed by atoms with van der Waals surface area (Å²) in [4.78, 5) is 12.0. The Balaban J connectivity index is 1.81. The summed E-state index contributed by atoms with van der Waals surface area (Å²) in [5.74, 6) is 1.41. The van der Waals surface area contributed by atoms with Gasteiger partial charge in [-0.1, -0.05) is 37.5 Å². The summed E-state index contributed by atoms with van der Waals surface area (Å²) in [7, 11) is 0. The largest absolute Gasteiger partial charge is 0.426 e. The van der Waals surface area contributed by atoms with Crippen molar-refractivity contribution in [2.75, 3.05) is 0 Å². The van der Waals surface area contributed by atoms with Crippen LogP contribution in [-0.4, -0.2) is 5.97 Å². The van der Waals surface area contributed by atoms with Gasteiger partial charge in [-0.15, -0.1) is 0 Å². The van der Waals surface area contributed by atoms with Gasteiger partial charge < -0.3 is 4.74 Å². The molecular formula is C15H18O2. The SMILES string of the molecule is O=C1Oc2ccccc2C[C@H]1C1CCCCC1. The summed E-state index contributed by atoms with van der Waals surface area (Å²) in [5.41, 5.74) is 1.20. The van der Waals surface area contributed by atoms with E-state index in [4.69, 9.17) is 4.74 Å². The van der Waals surface area contributed by atoms with Crippen molar-refractivity contribution in [3.05, 3.63) is 29.8 Å². The normalized spacial score (nSPS) is 25.2. The standard InChI is InChI=1S/C15H18O2/c16-15-13(11-6-2-1-3-7-11)10-12-8-4-5-9-14(12)17-15/h4-5,8-9,11,13H,1-3,6-7,10H2/t13-/m0/s1. The number of fused-ring (bicyclic) bond motifs is 1. The Bertz CT molecular complexity index is 419. The van der Waals surface area contributed by atoms with Gasteiger partial charge in [-0.3, -0.25) is 4.79 Å². The average molecular weight is 230 g/mol. The first kappa shape index (κ1) is 10.8. The third kappa shape index (κ3) is 2.08. The van der Waals surface area contributed by atoms with Gasteiger partial charge in [0.15, 0.2) is 0 Å². The van der Waals surface area contributed by atoms with Crippen molar-refractivity contribution in [3.63, 3.8) is 0 Å². The highest BCUT2D eigenvalue weighted by Crippen LogP contribution is 2.37. The zero-order chi connectivity index (χ0) is 11.7. The molecule has 0 N–H and O–H groups in total. The molecule has 1 saturated carbocycles. The van der Waals surface area contributed by atoms with E-state index in [1.807, 2.05) is 18.2 Å². The maximum atomic E-state index is 12.0. The second-order valence-corrected chi connectivity index (χ2v) is 5.24. The van der Waals surface area contributed by atoms with Crippen molar-refractivity contribution in [1.29, 1.82) is 0 Å². The fraction of sp³-hybridized carbons (Fsp3) is 0.533. The average Bonchev–Trinajstić information content (AvgIpc) is 2.39. The van der Waals surface area contributed by atoms with Crippen LogP contribution in [0.3, 0.4) is 0 Å². The van der Waals surface area contributed by atoms with Crippen LogP contribution in [0.15, 0.2) is 24.3 Å². The predicted octanol–water partition coefficient (Wildman–Crippen LogP) is 3.34. The summed E-state index contributed by atoms with van der Waals surface area (Å²) in [6.45, 7) is 0. The number of rotatable bonds is 1. The van der Waals surface area contributed by atoms with Crippen LogP contribution in [0.2, 0.25) is 0 Å². The maximum absolute atomic E-state index is 12.0. The van der Waals surface area contributed by atoms with Gasteiger partial charge in [0, 0.05) is 0 Å².